The molecule has 2 nitrogen and oxygen atoms in total. The molecule has 5 rings (SSSR count). The van der Waals surface area contributed by atoms with Gasteiger partial charge in [-0.3, -0.25) is 9.59 Å². The zero-order chi connectivity index (χ0) is 23.7. The van der Waals surface area contributed by atoms with E-state index >= 15 is 0 Å². The summed E-state index contributed by atoms with van der Waals surface area (Å²) in [6.45, 7) is 0. The quantitative estimate of drug-likeness (QED) is 0.281. The van der Waals surface area contributed by atoms with E-state index in [1.54, 1.807) is 0 Å². The summed E-state index contributed by atoms with van der Waals surface area (Å²) < 4.78 is 106. The van der Waals surface area contributed by atoms with Crippen molar-refractivity contribution in [1.29, 1.82) is 0 Å². The minimum absolute atomic E-state index is 0.0384. The molecule has 0 amide bonds. The van der Waals surface area contributed by atoms with Gasteiger partial charge in [-0.15, -0.1) is 0 Å². The van der Waals surface area contributed by atoms with E-state index in [1.807, 2.05) is 0 Å². The van der Waals surface area contributed by atoms with Crippen LogP contribution in [-0.2, 0) is 11.0 Å². The molecular formula is C22H20F8O2. The summed E-state index contributed by atoms with van der Waals surface area (Å²) in [4.78, 5) is 25.9. The Hall–Kier alpha value is -2.00. The molecule has 0 N–H and O–H groups in total. The maximum absolute atomic E-state index is 14.2. The zero-order valence-corrected chi connectivity index (χ0v) is 16.7. The highest BCUT2D eigenvalue weighted by molar-refractivity contribution is 6.13. The third kappa shape index (κ3) is 3.73. The second-order valence-electron chi connectivity index (χ2n) is 9.59. The molecule has 0 heterocycles. The SMILES string of the molecule is O=C(c1ccc(C(F)(F)F)cc1)C(C(=O)C(F)(F)C(F)(F)F)C12CC3CC(CC(C3)C1)C2. The van der Waals surface area contributed by atoms with Crippen LogP contribution in [0.15, 0.2) is 24.3 Å². The van der Waals surface area contributed by atoms with Crippen molar-refractivity contribution in [1.82, 2.24) is 0 Å². The van der Waals surface area contributed by atoms with Crippen molar-refractivity contribution in [2.75, 3.05) is 0 Å². The Labute approximate surface area is 178 Å². The maximum Gasteiger partial charge on any atom is 0.461 e. The number of rotatable bonds is 5. The van der Waals surface area contributed by atoms with Gasteiger partial charge in [0.1, 0.15) is 0 Å². The molecule has 4 fully saturated rings. The van der Waals surface area contributed by atoms with Crippen LogP contribution in [0, 0.1) is 29.1 Å². The minimum Gasteiger partial charge on any atom is -0.293 e. The number of Topliss-reactive ketones (excluding diaryl/α,β-unsaturated/α-hetero) is 2. The van der Waals surface area contributed by atoms with E-state index in [9.17, 15) is 44.7 Å². The Balaban J connectivity index is 1.76. The van der Waals surface area contributed by atoms with E-state index in [0.29, 0.717) is 12.1 Å². The Morgan fingerprint density at radius 3 is 1.59 bits per heavy atom. The highest BCUT2D eigenvalue weighted by Gasteiger charge is 2.69. The van der Waals surface area contributed by atoms with Crippen LogP contribution in [0.3, 0.4) is 0 Å². The highest BCUT2D eigenvalue weighted by Crippen LogP contribution is 2.64. The molecule has 32 heavy (non-hydrogen) atoms. The first-order chi connectivity index (χ1) is 14.6. The normalized spacial score (nSPS) is 30.9. The van der Waals surface area contributed by atoms with Gasteiger partial charge < -0.3 is 0 Å². The lowest BCUT2D eigenvalue weighted by atomic mass is 9.45. The number of halogens is 8. The smallest absolute Gasteiger partial charge is 0.293 e. The van der Waals surface area contributed by atoms with Crippen LogP contribution >= 0.6 is 0 Å². The van der Waals surface area contributed by atoms with E-state index in [4.69, 9.17) is 0 Å². The molecule has 1 aromatic rings. The average molecular weight is 468 g/mol. The zero-order valence-electron chi connectivity index (χ0n) is 16.7. The maximum atomic E-state index is 14.2. The van der Waals surface area contributed by atoms with Crippen molar-refractivity contribution in [2.24, 2.45) is 29.1 Å². The molecule has 4 saturated carbocycles. The van der Waals surface area contributed by atoms with E-state index in [1.165, 1.54) is 0 Å². The molecule has 0 radical (unpaired) electrons. The molecule has 4 bridgehead atoms. The van der Waals surface area contributed by atoms with Gasteiger partial charge in [0.15, 0.2) is 5.78 Å². The lowest BCUT2D eigenvalue weighted by Gasteiger charge is -2.59. The minimum atomic E-state index is -6.18. The summed E-state index contributed by atoms with van der Waals surface area (Å²) in [6, 6.07) is 2.57. The lowest BCUT2D eigenvalue weighted by molar-refractivity contribution is -0.272. The standard InChI is InChI=1S/C22H20F8O2/c23-20(24,22(28,29)30)18(32)16(17(31)14-1-3-15(4-2-14)21(25,26)27)19-8-11-5-12(9-19)7-13(6-11)10-19/h1-4,11-13,16H,5-10H2. The fourth-order valence-corrected chi connectivity index (χ4v) is 6.52. The second kappa shape index (κ2) is 7.25. The van der Waals surface area contributed by atoms with Crippen LogP contribution < -0.4 is 0 Å². The Kier molecular flexibility index (Phi) is 5.25. The Bertz CT molecular complexity index is 878. The first-order valence-electron chi connectivity index (χ1n) is 10.3. The van der Waals surface area contributed by atoms with Crippen LogP contribution in [0.4, 0.5) is 35.1 Å². The summed E-state index contributed by atoms with van der Waals surface area (Å²) in [7, 11) is 0. The number of carbonyl (C=O) groups excluding carboxylic acids is 2. The van der Waals surface area contributed by atoms with Crippen LogP contribution in [-0.4, -0.2) is 23.7 Å². The molecular weight excluding hydrogens is 448 g/mol. The van der Waals surface area contributed by atoms with Crippen molar-refractivity contribution in [2.45, 2.75) is 56.8 Å². The Morgan fingerprint density at radius 1 is 0.781 bits per heavy atom. The fourth-order valence-electron chi connectivity index (χ4n) is 6.52. The monoisotopic (exact) mass is 468 g/mol. The molecule has 1 atom stereocenters. The van der Waals surface area contributed by atoms with Crippen LogP contribution in [0.2, 0.25) is 0 Å². The van der Waals surface area contributed by atoms with Gasteiger partial charge in [0.05, 0.1) is 11.5 Å². The number of alkyl halides is 8. The third-order valence-electron chi connectivity index (χ3n) is 7.38. The van der Waals surface area contributed by atoms with Crippen molar-refractivity contribution in [3.05, 3.63) is 35.4 Å². The highest BCUT2D eigenvalue weighted by atomic mass is 19.4. The molecule has 10 heteroatoms. The first kappa shape index (κ1) is 23.2. The summed E-state index contributed by atoms with van der Waals surface area (Å²) in [5.74, 6) is -11.7. The lowest BCUT2D eigenvalue weighted by Crippen LogP contribution is -2.58. The average Bonchev–Trinajstić information content (AvgIpc) is 2.65. The number of hydrogen-bond donors (Lipinski definition) is 0. The van der Waals surface area contributed by atoms with Gasteiger partial charge in [0.25, 0.3) is 0 Å². The van der Waals surface area contributed by atoms with Gasteiger partial charge in [0.2, 0.25) is 5.78 Å². The van der Waals surface area contributed by atoms with Crippen LogP contribution in [0.5, 0.6) is 0 Å². The summed E-state index contributed by atoms with van der Waals surface area (Å²) >= 11 is 0. The van der Waals surface area contributed by atoms with Gasteiger partial charge in [0, 0.05) is 5.56 Å². The van der Waals surface area contributed by atoms with E-state index in [0.717, 1.165) is 31.4 Å². The number of benzene rings is 1. The first-order valence-corrected chi connectivity index (χ1v) is 10.3. The fraction of sp³-hybridized carbons (Fsp3) is 0.636. The van der Waals surface area contributed by atoms with Crippen molar-refractivity contribution >= 4 is 11.6 Å². The van der Waals surface area contributed by atoms with Gasteiger partial charge in [-0.2, -0.15) is 35.1 Å². The van der Waals surface area contributed by atoms with E-state index in [2.05, 4.69) is 0 Å². The predicted molar refractivity (Wildman–Crippen MR) is 95.9 cm³/mol. The molecule has 0 aliphatic heterocycles. The number of ketones is 2. The van der Waals surface area contributed by atoms with Gasteiger partial charge in [-0.05, 0) is 73.8 Å². The van der Waals surface area contributed by atoms with Crippen molar-refractivity contribution in [3.63, 3.8) is 0 Å². The third-order valence-corrected chi connectivity index (χ3v) is 7.38. The van der Waals surface area contributed by atoms with Crippen molar-refractivity contribution in [3.8, 4) is 0 Å². The number of hydrogen-bond acceptors (Lipinski definition) is 2. The molecule has 0 aromatic heterocycles. The second-order valence-corrected chi connectivity index (χ2v) is 9.59. The number of carbonyl (C=O) groups is 2. The summed E-state index contributed by atoms with van der Waals surface area (Å²) in [5.41, 5.74) is -2.92. The van der Waals surface area contributed by atoms with E-state index in [-0.39, 0.29) is 37.0 Å². The van der Waals surface area contributed by atoms with Crippen molar-refractivity contribution < 1.29 is 44.7 Å². The van der Waals surface area contributed by atoms with Crippen LogP contribution in [0.1, 0.15) is 54.4 Å². The van der Waals surface area contributed by atoms with E-state index < -0.39 is 52.3 Å². The molecule has 176 valence electrons. The van der Waals surface area contributed by atoms with Crippen LogP contribution in [0.25, 0.3) is 0 Å². The van der Waals surface area contributed by atoms with Gasteiger partial charge >= 0.3 is 18.3 Å². The molecule has 0 spiro atoms. The van der Waals surface area contributed by atoms with Gasteiger partial charge in [-0.25, -0.2) is 0 Å². The predicted octanol–water partition coefficient (Wildman–Crippen LogP) is 6.49. The molecule has 4 aliphatic rings. The van der Waals surface area contributed by atoms with Gasteiger partial charge in [-0.1, -0.05) is 12.1 Å². The largest absolute Gasteiger partial charge is 0.461 e. The topological polar surface area (TPSA) is 34.1 Å². The molecule has 1 aromatic carbocycles. The summed E-state index contributed by atoms with van der Waals surface area (Å²) in [5, 5.41) is 0. The molecule has 1 unspecified atom stereocenters. The molecule has 4 aliphatic carbocycles. The summed E-state index contributed by atoms with van der Waals surface area (Å²) in [6.07, 6.45) is -7.98. The molecule has 0 saturated heterocycles. The Morgan fingerprint density at radius 2 is 1.22 bits per heavy atom.